The summed E-state index contributed by atoms with van der Waals surface area (Å²) in [5.41, 5.74) is 3.48. The van der Waals surface area contributed by atoms with Crippen molar-refractivity contribution >= 4 is 35.8 Å². The van der Waals surface area contributed by atoms with Gasteiger partial charge in [-0.1, -0.05) is 17.7 Å². The molecule has 9 heteroatoms. The number of nitrogens with one attached hydrogen (secondary N) is 1. The summed E-state index contributed by atoms with van der Waals surface area (Å²) in [7, 11) is -0.707. The molecule has 30 heavy (non-hydrogen) atoms. The van der Waals surface area contributed by atoms with Gasteiger partial charge in [-0.2, -0.15) is 0 Å². The van der Waals surface area contributed by atoms with E-state index in [0.717, 1.165) is 28.2 Å². The molecule has 2 N–H and O–H groups in total. The highest BCUT2D eigenvalue weighted by Crippen LogP contribution is 2.49. The smallest absolute Gasteiger partial charge is 0.348 e. The van der Waals surface area contributed by atoms with E-state index < -0.39 is 13.5 Å². The lowest BCUT2D eigenvalue weighted by Gasteiger charge is -2.20. The monoisotopic (exact) mass is 446 g/mol. The number of hydrogen-bond donors (Lipinski definition) is 2. The maximum atomic E-state index is 13.6. The van der Waals surface area contributed by atoms with Crippen LogP contribution in [0.2, 0.25) is 0 Å². The van der Waals surface area contributed by atoms with Crippen LogP contribution in [0, 0.1) is 20.8 Å². The van der Waals surface area contributed by atoms with Gasteiger partial charge in [0.15, 0.2) is 0 Å². The van der Waals surface area contributed by atoms with Crippen LogP contribution in [-0.2, 0) is 9.09 Å². The fourth-order valence-corrected chi connectivity index (χ4v) is 5.89. The summed E-state index contributed by atoms with van der Waals surface area (Å²) < 4.78 is 24.3. The summed E-state index contributed by atoms with van der Waals surface area (Å²) in [6, 6.07) is 10.8. The Hall–Kier alpha value is -2.67. The molecule has 3 rings (SSSR count). The van der Waals surface area contributed by atoms with Gasteiger partial charge in [-0.3, -0.25) is 4.57 Å². The Morgan fingerprint density at radius 2 is 1.87 bits per heavy atom. The quantitative estimate of drug-likeness (QED) is 0.492. The van der Waals surface area contributed by atoms with Crippen molar-refractivity contribution in [1.82, 2.24) is 4.98 Å². The van der Waals surface area contributed by atoms with Gasteiger partial charge >= 0.3 is 13.5 Å². The van der Waals surface area contributed by atoms with E-state index in [9.17, 15) is 14.5 Å². The number of anilines is 1. The third-order valence-electron chi connectivity index (χ3n) is 4.58. The maximum Gasteiger partial charge on any atom is 0.348 e. The molecule has 1 aromatic carbocycles. The molecule has 0 radical (unpaired) electrons. The topological polar surface area (TPSA) is 97.8 Å². The zero-order valence-corrected chi connectivity index (χ0v) is 19.1. The molecule has 158 valence electrons. The molecule has 2 heterocycles. The van der Waals surface area contributed by atoms with Gasteiger partial charge in [0, 0.05) is 17.7 Å². The number of rotatable bonds is 7. The van der Waals surface area contributed by atoms with Crippen LogP contribution in [0.15, 0.2) is 36.4 Å². The van der Waals surface area contributed by atoms with Gasteiger partial charge in [0.2, 0.25) is 5.88 Å². The van der Waals surface area contributed by atoms with Crippen molar-refractivity contribution in [2.45, 2.75) is 20.8 Å². The van der Waals surface area contributed by atoms with Crippen LogP contribution in [0.25, 0.3) is 10.4 Å². The standard InChI is InChI=1S/C21H23N2O5PS/c1-12-6-9-17(13(2)10-12)29(26,28-5)23-16-11-18(30-19(16)21(24)25)15-8-7-14(3)22-20(15)27-4/h6-11H,1-5H3,(H,23,26)(H,24,25). The first-order valence-electron chi connectivity index (χ1n) is 9.09. The fraction of sp³-hybridized carbons (Fsp3) is 0.238. The maximum absolute atomic E-state index is 13.6. The first-order chi connectivity index (χ1) is 14.2. The number of hydrogen-bond acceptors (Lipinski definition) is 6. The highest BCUT2D eigenvalue weighted by Gasteiger charge is 2.30. The number of carboxylic acids is 1. The second-order valence-electron chi connectivity index (χ2n) is 6.80. The van der Waals surface area contributed by atoms with E-state index >= 15 is 0 Å². The average molecular weight is 446 g/mol. The molecular formula is C21H23N2O5PS. The molecular weight excluding hydrogens is 423 g/mol. The lowest BCUT2D eigenvalue weighted by atomic mass is 10.2. The van der Waals surface area contributed by atoms with Crippen molar-refractivity contribution in [2.75, 3.05) is 19.3 Å². The molecule has 0 saturated carbocycles. The summed E-state index contributed by atoms with van der Waals surface area (Å²) in [4.78, 5) is 16.9. The molecule has 0 aliphatic carbocycles. The van der Waals surface area contributed by atoms with Crippen LogP contribution in [0.1, 0.15) is 26.5 Å². The van der Waals surface area contributed by atoms with Crippen molar-refractivity contribution < 1.29 is 23.7 Å². The van der Waals surface area contributed by atoms with Crippen molar-refractivity contribution in [1.29, 1.82) is 0 Å². The Morgan fingerprint density at radius 1 is 1.13 bits per heavy atom. The summed E-state index contributed by atoms with van der Waals surface area (Å²) in [6.45, 7) is 5.63. The Morgan fingerprint density at radius 3 is 2.47 bits per heavy atom. The van der Waals surface area contributed by atoms with E-state index in [1.54, 1.807) is 12.1 Å². The van der Waals surface area contributed by atoms with E-state index in [0.29, 0.717) is 21.6 Å². The number of aromatic nitrogens is 1. The van der Waals surface area contributed by atoms with Crippen LogP contribution >= 0.6 is 18.9 Å². The number of thiophene rings is 1. The molecule has 0 fully saturated rings. The van der Waals surface area contributed by atoms with Gasteiger partial charge in [-0.15, -0.1) is 11.3 Å². The average Bonchev–Trinajstić information content (AvgIpc) is 3.11. The fourth-order valence-electron chi connectivity index (χ4n) is 3.14. The molecule has 0 bridgehead atoms. The number of pyridine rings is 1. The number of aromatic carboxylic acids is 1. The molecule has 3 aromatic rings. The van der Waals surface area contributed by atoms with Gasteiger partial charge in [-0.25, -0.2) is 9.78 Å². The number of carbonyl (C=O) groups is 1. The Labute approximate surface area is 179 Å². The lowest BCUT2D eigenvalue weighted by Crippen LogP contribution is -2.17. The highest BCUT2D eigenvalue weighted by molar-refractivity contribution is 7.68. The van der Waals surface area contributed by atoms with Crippen LogP contribution < -0.4 is 15.1 Å². The minimum atomic E-state index is -3.56. The Balaban J connectivity index is 2.10. The third kappa shape index (κ3) is 4.26. The van der Waals surface area contributed by atoms with Crippen molar-refractivity contribution in [3.63, 3.8) is 0 Å². The Kier molecular flexibility index (Phi) is 6.31. The zero-order chi connectivity index (χ0) is 22.1. The summed E-state index contributed by atoms with van der Waals surface area (Å²) in [6.07, 6.45) is 0. The summed E-state index contributed by atoms with van der Waals surface area (Å²) in [5.74, 6) is -0.736. The number of ether oxygens (including phenoxy) is 1. The first-order valence-corrected chi connectivity index (χ1v) is 11.5. The molecule has 1 atom stereocenters. The molecule has 0 aliphatic rings. The van der Waals surface area contributed by atoms with Gasteiger partial charge in [0.05, 0.1) is 23.7 Å². The van der Waals surface area contributed by atoms with E-state index in [4.69, 9.17) is 9.26 Å². The number of nitrogens with zero attached hydrogens (tertiary/aromatic N) is 1. The minimum absolute atomic E-state index is 0.0228. The normalized spacial score (nSPS) is 13.0. The highest BCUT2D eigenvalue weighted by atomic mass is 32.1. The molecule has 0 saturated heterocycles. The van der Waals surface area contributed by atoms with E-state index in [2.05, 4.69) is 10.1 Å². The molecule has 0 amide bonds. The van der Waals surface area contributed by atoms with Crippen molar-refractivity contribution in [2.24, 2.45) is 0 Å². The van der Waals surface area contributed by atoms with E-state index in [1.807, 2.05) is 45.0 Å². The Bertz CT molecular complexity index is 1160. The van der Waals surface area contributed by atoms with Crippen molar-refractivity contribution in [3.05, 3.63) is 58.1 Å². The first kappa shape index (κ1) is 22.0. The number of methoxy groups -OCH3 is 1. The molecule has 0 spiro atoms. The molecule has 0 aliphatic heterocycles. The van der Waals surface area contributed by atoms with Crippen LogP contribution in [0.5, 0.6) is 5.88 Å². The second kappa shape index (κ2) is 8.60. The minimum Gasteiger partial charge on any atom is -0.481 e. The second-order valence-corrected chi connectivity index (χ2v) is 10.0. The van der Waals surface area contributed by atoms with Gasteiger partial charge in [-0.05, 0) is 50.6 Å². The van der Waals surface area contributed by atoms with Gasteiger partial charge < -0.3 is 19.5 Å². The SMILES string of the molecule is COc1nc(C)ccc1-c1cc(NP(=O)(OC)c2ccc(C)cc2C)c(C(=O)O)s1. The van der Waals surface area contributed by atoms with Crippen LogP contribution in [0.4, 0.5) is 5.69 Å². The van der Waals surface area contributed by atoms with Crippen molar-refractivity contribution in [3.8, 4) is 16.3 Å². The van der Waals surface area contributed by atoms with Gasteiger partial charge in [0.1, 0.15) is 4.88 Å². The number of carboxylic acid groups (broad SMARTS) is 1. The van der Waals surface area contributed by atoms with E-state index in [1.165, 1.54) is 14.2 Å². The predicted octanol–water partition coefficient (Wildman–Crippen LogP) is 5.02. The van der Waals surface area contributed by atoms with Crippen LogP contribution in [0.3, 0.4) is 0 Å². The number of aryl methyl sites for hydroxylation is 3. The predicted molar refractivity (Wildman–Crippen MR) is 120 cm³/mol. The third-order valence-corrected chi connectivity index (χ3v) is 7.92. The summed E-state index contributed by atoms with van der Waals surface area (Å²) >= 11 is 1.05. The molecule has 1 unspecified atom stereocenters. The van der Waals surface area contributed by atoms with Crippen LogP contribution in [-0.4, -0.2) is 30.3 Å². The number of benzene rings is 1. The molecule has 2 aromatic heterocycles. The van der Waals surface area contributed by atoms with Gasteiger partial charge in [0.25, 0.3) is 0 Å². The largest absolute Gasteiger partial charge is 0.481 e. The van der Waals surface area contributed by atoms with E-state index in [-0.39, 0.29) is 10.6 Å². The molecule has 7 nitrogen and oxygen atoms in total. The lowest BCUT2D eigenvalue weighted by molar-refractivity contribution is 0.0703. The zero-order valence-electron chi connectivity index (χ0n) is 17.3. The summed E-state index contributed by atoms with van der Waals surface area (Å²) in [5, 5.41) is 13.1.